The maximum Gasteiger partial charge on any atom is 0.151 e. The van der Waals surface area contributed by atoms with Crippen molar-refractivity contribution in [3.63, 3.8) is 0 Å². The van der Waals surface area contributed by atoms with E-state index in [0.717, 1.165) is 18.4 Å². The van der Waals surface area contributed by atoms with Gasteiger partial charge in [-0.15, -0.1) is 0 Å². The Labute approximate surface area is 142 Å². The van der Waals surface area contributed by atoms with Gasteiger partial charge in [0.2, 0.25) is 0 Å². The van der Waals surface area contributed by atoms with Crippen LogP contribution in [0.1, 0.15) is 25.3 Å². The van der Waals surface area contributed by atoms with Crippen LogP contribution in [0.15, 0.2) is 30.3 Å². The van der Waals surface area contributed by atoms with Crippen LogP contribution in [0.5, 0.6) is 0 Å². The molecule has 0 amide bonds. The largest absolute Gasteiger partial charge is 0.396 e. The molecule has 4 unspecified atom stereocenters. The van der Waals surface area contributed by atoms with Gasteiger partial charge in [0.05, 0.1) is 13.2 Å². The molecule has 0 aliphatic heterocycles. The second-order valence-corrected chi connectivity index (χ2v) is 5.21. The Balaban J connectivity index is 0.000000922. The maximum absolute atomic E-state index is 10.8. The molecule has 4 atom stereocenters. The minimum atomic E-state index is -1.66. The zero-order chi connectivity index (χ0) is 18.4. The van der Waals surface area contributed by atoms with E-state index in [-0.39, 0.29) is 6.61 Å². The highest BCUT2D eigenvalue weighted by Crippen LogP contribution is 2.10. The van der Waals surface area contributed by atoms with Gasteiger partial charge in [0.15, 0.2) is 6.29 Å². The summed E-state index contributed by atoms with van der Waals surface area (Å²) in [5.41, 5.74) is 0.804. The molecule has 1 aromatic rings. The summed E-state index contributed by atoms with van der Waals surface area (Å²) in [6, 6.07) is 9.00. The second kappa shape index (κ2) is 14.0. The summed E-state index contributed by atoms with van der Waals surface area (Å²) >= 11 is 0. The summed E-state index contributed by atoms with van der Waals surface area (Å²) in [5, 5.41) is 45.1. The summed E-state index contributed by atoms with van der Waals surface area (Å²) in [6.45, 7) is 1.76. The molecule has 0 saturated heterocycles. The number of unbranched alkanes of at least 4 members (excludes halogenated alkanes) is 1. The first kappa shape index (κ1) is 22.6. The standard InChI is InChI=1S/C13H18O6.C4H10O/c14-6-10(16)12(17)13(18)11(7-15)19-8-9-4-2-1-3-5-9;1-2-3-4-5/h1-5,7,10-14,16-18H,6,8H2;5H,2-4H2,1H3. The molecule has 1 rings (SSSR count). The summed E-state index contributed by atoms with van der Waals surface area (Å²) in [7, 11) is 0. The van der Waals surface area contributed by atoms with E-state index in [9.17, 15) is 20.1 Å². The van der Waals surface area contributed by atoms with Crippen molar-refractivity contribution in [3.8, 4) is 0 Å². The summed E-state index contributed by atoms with van der Waals surface area (Å²) in [4.78, 5) is 10.8. The van der Waals surface area contributed by atoms with Crippen molar-refractivity contribution >= 4 is 6.29 Å². The number of hydrogen-bond donors (Lipinski definition) is 5. The second-order valence-electron chi connectivity index (χ2n) is 5.21. The average molecular weight is 344 g/mol. The van der Waals surface area contributed by atoms with Crippen LogP contribution in [0.3, 0.4) is 0 Å². The third-order valence-electron chi connectivity index (χ3n) is 3.20. The first-order valence-electron chi connectivity index (χ1n) is 7.88. The molecule has 138 valence electrons. The topological polar surface area (TPSA) is 127 Å². The van der Waals surface area contributed by atoms with Crippen LogP contribution in [0.2, 0.25) is 0 Å². The molecule has 0 radical (unpaired) electrons. The molecule has 0 fully saturated rings. The van der Waals surface area contributed by atoms with Crippen molar-refractivity contribution in [3.05, 3.63) is 35.9 Å². The van der Waals surface area contributed by atoms with Crippen LogP contribution in [0.4, 0.5) is 0 Å². The molecule has 0 saturated carbocycles. The number of carbonyl (C=O) groups is 1. The van der Waals surface area contributed by atoms with Crippen LogP contribution in [0, 0.1) is 0 Å². The van der Waals surface area contributed by atoms with E-state index in [0.29, 0.717) is 12.9 Å². The van der Waals surface area contributed by atoms with Gasteiger partial charge < -0.3 is 35.1 Å². The Kier molecular flexibility index (Phi) is 13.2. The van der Waals surface area contributed by atoms with Crippen LogP contribution >= 0.6 is 0 Å². The van der Waals surface area contributed by atoms with Gasteiger partial charge in [-0.3, -0.25) is 0 Å². The molecule has 0 aliphatic rings. The van der Waals surface area contributed by atoms with Crippen LogP contribution in [0.25, 0.3) is 0 Å². The predicted molar refractivity (Wildman–Crippen MR) is 88.2 cm³/mol. The number of ether oxygens (including phenoxy) is 1. The summed E-state index contributed by atoms with van der Waals surface area (Å²) in [6.07, 6.45) is -3.69. The van der Waals surface area contributed by atoms with Gasteiger partial charge in [-0.25, -0.2) is 0 Å². The van der Waals surface area contributed by atoms with Gasteiger partial charge >= 0.3 is 0 Å². The SMILES string of the molecule is CCCCO.O=CC(OCc1ccccc1)C(O)C(O)C(O)CO. The van der Waals surface area contributed by atoms with Crippen LogP contribution < -0.4 is 0 Å². The van der Waals surface area contributed by atoms with Crippen molar-refractivity contribution in [2.75, 3.05) is 13.2 Å². The van der Waals surface area contributed by atoms with E-state index >= 15 is 0 Å². The monoisotopic (exact) mass is 344 g/mol. The summed E-state index contributed by atoms with van der Waals surface area (Å²) < 4.78 is 5.18. The lowest BCUT2D eigenvalue weighted by Gasteiger charge is -2.25. The van der Waals surface area contributed by atoms with Crippen LogP contribution in [-0.2, 0) is 16.1 Å². The van der Waals surface area contributed by atoms with Gasteiger partial charge in [-0.1, -0.05) is 43.7 Å². The highest BCUT2D eigenvalue weighted by molar-refractivity contribution is 5.57. The molecule has 0 aromatic heterocycles. The molecule has 24 heavy (non-hydrogen) atoms. The summed E-state index contributed by atoms with van der Waals surface area (Å²) in [5.74, 6) is 0. The van der Waals surface area contributed by atoms with E-state index in [1.807, 2.05) is 6.07 Å². The Hall–Kier alpha value is -1.35. The van der Waals surface area contributed by atoms with Gasteiger partial charge in [0.25, 0.3) is 0 Å². The van der Waals surface area contributed by atoms with E-state index in [2.05, 4.69) is 6.92 Å². The van der Waals surface area contributed by atoms with Crippen LogP contribution in [-0.4, -0.2) is 69.4 Å². The molecular weight excluding hydrogens is 316 g/mol. The number of aliphatic hydroxyl groups excluding tert-OH is 5. The molecular formula is C17H28O7. The van der Waals surface area contributed by atoms with Gasteiger partial charge in [-0.2, -0.15) is 0 Å². The Bertz CT molecular complexity index is 411. The lowest BCUT2D eigenvalue weighted by molar-refractivity contribution is -0.147. The Morgan fingerprint density at radius 2 is 1.71 bits per heavy atom. The minimum absolute atomic E-state index is 0.0866. The first-order chi connectivity index (χ1) is 11.5. The zero-order valence-electron chi connectivity index (χ0n) is 13.9. The number of carbonyl (C=O) groups excluding carboxylic acids is 1. The molecule has 7 nitrogen and oxygen atoms in total. The number of benzene rings is 1. The molecule has 0 bridgehead atoms. The van der Waals surface area contributed by atoms with Gasteiger partial charge in [-0.05, 0) is 12.0 Å². The Morgan fingerprint density at radius 1 is 1.08 bits per heavy atom. The third-order valence-corrected chi connectivity index (χ3v) is 3.20. The van der Waals surface area contributed by atoms with E-state index < -0.39 is 31.0 Å². The third kappa shape index (κ3) is 9.07. The van der Waals surface area contributed by atoms with E-state index in [1.165, 1.54) is 0 Å². The number of aldehydes is 1. The lowest BCUT2D eigenvalue weighted by Crippen LogP contribution is -2.47. The fraction of sp³-hybridized carbons (Fsp3) is 0.588. The zero-order valence-corrected chi connectivity index (χ0v) is 13.9. The molecule has 0 aliphatic carbocycles. The highest BCUT2D eigenvalue weighted by atomic mass is 16.5. The first-order valence-corrected chi connectivity index (χ1v) is 7.88. The van der Waals surface area contributed by atoms with Crippen molar-refractivity contribution in [1.82, 2.24) is 0 Å². The number of aliphatic hydroxyl groups is 5. The van der Waals surface area contributed by atoms with Crippen molar-refractivity contribution in [2.24, 2.45) is 0 Å². The fourth-order valence-electron chi connectivity index (χ4n) is 1.67. The van der Waals surface area contributed by atoms with Crippen molar-refractivity contribution < 1.29 is 35.1 Å². The molecule has 7 heteroatoms. The lowest BCUT2D eigenvalue weighted by atomic mass is 10.0. The maximum atomic E-state index is 10.8. The predicted octanol–water partition coefficient (Wildman–Crippen LogP) is -0.375. The minimum Gasteiger partial charge on any atom is -0.396 e. The molecule has 0 heterocycles. The van der Waals surface area contributed by atoms with E-state index in [1.54, 1.807) is 24.3 Å². The van der Waals surface area contributed by atoms with Gasteiger partial charge in [0.1, 0.15) is 24.4 Å². The molecule has 0 spiro atoms. The normalized spacial score (nSPS) is 15.6. The molecule has 5 N–H and O–H groups in total. The Morgan fingerprint density at radius 3 is 2.12 bits per heavy atom. The fourth-order valence-corrected chi connectivity index (χ4v) is 1.67. The van der Waals surface area contributed by atoms with Crippen molar-refractivity contribution in [2.45, 2.75) is 50.8 Å². The average Bonchev–Trinajstić information content (AvgIpc) is 2.62. The smallest absolute Gasteiger partial charge is 0.151 e. The quantitative estimate of drug-likeness (QED) is 0.366. The highest BCUT2D eigenvalue weighted by Gasteiger charge is 2.31. The number of rotatable bonds is 10. The van der Waals surface area contributed by atoms with E-state index in [4.69, 9.17) is 14.9 Å². The van der Waals surface area contributed by atoms with Gasteiger partial charge in [0, 0.05) is 6.61 Å². The molecule has 1 aromatic carbocycles. The van der Waals surface area contributed by atoms with Crippen molar-refractivity contribution in [1.29, 1.82) is 0 Å². The number of hydrogen-bond acceptors (Lipinski definition) is 7.